The number of carbonyl (C=O) groups excluding carboxylic acids is 6. The van der Waals surface area contributed by atoms with E-state index in [1.807, 2.05) is 0 Å². The molecule has 3 aromatic carbocycles. The van der Waals surface area contributed by atoms with E-state index in [4.69, 9.17) is 4.74 Å². The number of imide groups is 2. The van der Waals surface area contributed by atoms with E-state index >= 15 is 0 Å². The SMILES string of the molecule is Cc1ccc(C(=O)NCCCCNC(=O)c2ccc3c(c2)C(=O)N(C2CCC(=O)NC2=O)C3=O)cc1-n1c(C)cc(OCc2ccc(F)cc2F)c(Br)c1=O. The Morgan fingerprint density at radius 1 is 0.855 bits per heavy atom. The summed E-state index contributed by atoms with van der Waals surface area (Å²) in [6.07, 6.45) is 1.03. The van der Waals surface area contributed by atoms with Crippen LogP contribution in [0, 0.1) is 25.5 Å². The van der Waals surface area contributed by atoms with Crippen LogP contribution in [0.5, 0.6) is 5.75 Å². The average Bonchev–Trinajstić information content (AvgIpc) is 3.39. The lowest BCUT2D eigenvalue weighted by Crippen LogP contribution is -2.54. The third kappa shape index (κ3) is 8.09. The Morgan fingerprint density at radius 2 is 1.51 bits per heavy atom. The zero-order chi connectivity index (χ0) is 39.6. The molecule has 284 valence electrons. The van der Waals surface area contributed by atoms with Crippen LogP contribution < -0.4 is 26.2 Å². The van der Waals surface area contributed by atoms with Gasteiger partial charge >= 0.3 is 0 Å². The molecule has 3 heterocycles. The molecule has 55 heavy (non-hydrogen) atoms. The molecule has 0 bridgehead atoms. The van der Waals surface area contributed by atoms with Gasteiger partial charge in [-0.05, 0) is 97.1 Å². The minimum Gasteiger partial charge on any atom is -0.487 e. The van der Waals surface area contributed by atoms with Crippen LogP contribution in [0.1, 0.15) is 83.9 Å². The van der Waals surface area contributed by atoms with Crippen molar-refractivity contribution in [3.8, 4) is 11.4 Å². The van der Waals surface area contributed by atoms with E-state index in [-0.39, 0.29) is 70.9 Å². The van der Waals surface area contributed by atoms with Crippen molar-refractivity contribution < 1.29 is 42.3 Å². The molecule has 6 rings (SSSR count). The molecular formula is C39H34BrF2N5O8. The molecule has 1 fully saturated rings. The summed E-state index contributed by atoms with van der Waals surface area (Å²) in [6.45, 7) is 3.79. The maximum atomic E-state index is 14.1. The first-order valence-corrected chi connectivity index (χ1v) is 18.1. The number of hydrogen-bond acceptors (Lipinski definition) is 8. The van der Waals surface area contributed by atoms with E-state index in [2.05, 4.69) is 31.9 Å². The summed E-state index contributed by atoms with van der Waals surface area (Å²) in [4.78, 5) is 90.1. The van der Waals surface area contributed by atoms with Crippen molar-refractivity contribution in [2.45, 2.75) is 52.2 Å². The predicted octanol–water partition coefficient (Wildman–Crippen LogP) is 4.42. The Kier molecular flexibility index (Phi) is 11.4. The number of unbranched alkanes of at least 4 members (excludes halogenated alkanes) is 1. The number of carbonyl (C=O) groups is 6. The predicted molar refractivity (Wildman–Crippen MR) is 197 cm³/mol. The van der Waals surface area contributed by atoms with Gasteiger partial charge in [0.05, 0.1) is 16.8 Å². The fraction of sp³-hybridized carbons (Fsp3) is 0.256. The standard InChI is InChI=1S/C39H34BrF2N5O8/c1-20-5-6-23(17-30(20)46-21(2)15-31(33(40)39(46)54)55-19-24-7-9-25(41)18-28(24)42)35(50)44-14-4-3-13-43-34(49)22-8-10-26-27(16-22)38(53)47(37(26)52)29-11-12-32(48)45-36(29)51/h5-10,15-18,29H,3-4,11-14,19H2,1-2H3,(H,43,49)(H,44,50)(H,45,48,51). The number of ether oxygens (including phenoxy) is 1. The van der Waals surface area contributed by atoms with E-state index in [1.165, 1.54) is 28.8 Å². The molecule has 0 spiro atoms. The smallest absolute Gasteiger partial charge is 0.273 e. The lowest BCUT2D eigenvalue weighted by Gasteiger charge is -2.27. The first-order valence-electron chi connectivity index (χ1n) is 17.3. The normalized spacial score (nSPS) is 15.1. The highest BCUT2D eigenvalue weighted by molar-refractivity contribution is 9.10. The number of hydrogen-bond donors (Lipinski definition) is 3. The summed E-state index contributed by atoms with van der Waals surface area (Å²) < 4.78 is 34.6. The molecule has 1 aromatic heterocycles. The number of aryl methyl sites for hydroxylation is 2. The van der Waals surface area contributed by atoms with Crippen LogP contribution in [-0.2, 0) is 16.2 Å². The van der Waals surface area contributed by atoms with Gasteiger partial charge in [0.15, 0.2) is 0 Å². The summed E-state index contributed by atoms with van der Waals surface area (Å²) in [5.74, 6) is -4.74. The lowest BCUT2D eigenvalue weighted by atomic mass is 10.0. The highest BCUT2D eigenvalue weighted by Gasteiger charge is 2.44. The molecule has 6 amide bonds. The summed E-state index contributed by atoms with van der Waals surface area (Å²) in [7, 11) is 0. The molecular weight excluding hydrogens is 784 g/mol. The third-order valence-corrected chi connectivity index (χ3v) is 10.0. The van der Waals surface area contributed by atoms with Gasteiger partial charge in [-0.3, -0.25) is 48.3 Å². The van der Waals surface area contributed by atoms with Crippen LogP contribution in [0.25, 0.3) is 5.69 Å². The number of benzene rings is 3. The molecule has 0 aliphatic carbocycles. The van der Waals surface area contributed by atoms with Gasteiger partial charge in [-0.1, -0.05) is 6.07 Å². The van der Waals surface area contributed by atoms with Gasteiger partial charge in [0.25, 0.3) is 29.2 Å². The molecule has 2 aliphatic heterocycles. The average molecular weight is 819 g/mol. The van der Waals surface area contributed by atoms with Crippen LogP contribution in [0.4, 0.5) is 8.78 Å². The van der Waals surface area contributed by atoms with Crippen LogP contribution in [0.3, 0.4) is 0 Å². The number of amides is 6. The number of aromatic nitrogens is 1. The van der Waals surface area contributed by atoms with E-state index in [0.29, 0.717) is 29.8 Å². The number of fused-ring (bicyclic) bond motifs is 1. The molecule has 0 saturated carbocycles. The molecule has 3 N–H and O–H groups in total. The lowest BCUT2D eigenvalue weighted by molar-refractivity contribution is -0.136. The molecule has 1 atom stereocenters. The number of halogens is 3. The summed E-state index contributed by atoms with van der Waals surface area (Å²) >= 11 is 3.28. The molecule has 0 radical (unpaired) electrons. The first kappa shape index (κ1) is 38.7. The van der Waals surface area contributed by atoms with E-state index in [9.17, 15) is 42.3 Å². The number of piperidine rings is 1. The Balaban J connectivity index is 1.01. The maximum Gasteiger partial charge on any atom is 0.273 e. The minimum absolute atomic E-state index is 0.000595. The Hall–Kier alpha value is -6.03. The zero-order valence-corrected chi connectivity index (χ0v) is 31.2. The van der Waals surface area contributed by atoms with Crippen LogP contribution in [0.2, 0.25) is 0 Å². The Labute approximate surface area is 321 Å². The summed E-state index contributed by atoms with van der Waals surface area (Å²) in [5.41, 5.74) is 1.85. The van der Waals surface area contributed by atoms with Crippen molar-refractivity contribution in [2.75, 3.05) is 13.1 Å². The summed E-state index contributed by atoms with van der Waals surface area (Å²) in [6, 6.07) is 12.7. The summed E-state index contributed by atoms with van der Waals surface area (Å²) in [5, 5.41) is 7.73. The topological polar surface area (TPSA) is 173 Å². The van der Waals surface area contributed by atoms with Crippen molar-refractivity contribution >= 4 is 51.4 Å². The van der Waals surface area contributed by atoms with Gasteiger partial charge in [-0.2, -0.15) is 0 Å². The molecule has 13 nitrogen and oxygen atoms in total. The van der Waals surface area contributed by atoms with Crippen molar-refractivity contribution in [1.82, 2.24) is 25.4 Å². The van der Waals surface area contributed by atoms with Crippen molar-refractivity contribution in [3.05, 3.63) is 126 Å². The largest absolute Gasteiger partial charge is 0.487 e. The fourth-order valence-corrected chi connectivity index (χ4v) is 6.75. The van der Waals surface area contributed by atoms with Gasteiger partial charge in [0, 0.05) is 54.0 Å². The van der Waals surface area contributed by atoms with Gasteiger partial charge in [0.1, 0.15) is 34.5 Å². The van der Waals surface area contributed by atoms with Crippen LogP contribution in [-0.4, -0.2) is 64.0 Å². The fourth-order valence-electron chi connectivity index (χ4n) is 6.34. The molecule has 1 saturated heterocycles. The van der Waals surface area contributed by atoms with Gasteiger partial charge in [-0.15, -0.1) is 0 Å². The molecule has 1 unspecified atom stereocenters. The van der Waals surface area contributed by atoms with Gasteiger partial charge in [-0.25, -0.2) is 8.78 Å². The van der Waals surface area contributed by atoms with E-state index in [1.54, 1.807) is 38.1 Å². The second kappa shape index (κ2) is 16.1. The maximum absolute atomic E-state index is 14.1. The second-order valence-corrected chi connectivity index (χ2v) is 13.8. The zero-order valence-electron chi connectivity index (χ0n) is 29.6. The number of pyridine rings is 1. The van der Waals surface area contributed by atoms with Gasteiger partial charge < -0.3 is 15.4 Å². The van der Waals surface area contributed by atoms with Crippen molar-refractivity contribution in [1.29, 1.82) is 0 Å². The van der Waals surface area contributed by atoms with Gasteiger partial charge in [0.2, 0.25) is 11.8 Å². The number of rotatable bonds is 12. The highest BCUT2D eigenvalue weighted by atomic mass is 79.9. The van der Waals surface area contributed by atoms with Crippen LogP contribution >= 0.6 is 15.9 Å². The monoisotopic (exact) mass is 817 g/mol. The second-order valence-electron chi connectivity index (χ2n) is 13.1. The molecule has 2 aliphatic rings. The van der Waals surface area contributed by atoms with Crippen LogP contribution in [0.15, 0.2) is 69.9 Å². The molecule has 4 aromatic rings. The highest BCUT2D eigenvalue weighted by Crippen LogP contribution is 2.29. The Morgan fingerprint density at radius 3 is 2.18 bits per heavy atom. The number of nitrogens with one attached hydrogen (secondary N) is 3. The minimum atomic E-state index is -1.11. The van der Waals surface area contributed by atoms with Crippen molar-refractivity contribution in [3.63, 3.8) is 0 Å². The molecule has 16 heteroatoms. The van der Waals surface area contributed by atoms with Crippen molar-refractivity contribution in [2.24, 2.45) is 0 Å². The Bertz CT molecular complexity index is 2350. The van der Waals surface area contributed by atoms with E-state index in [0.717, 1.165) is 22.6 Å². The number of nitrogens with zero attached hydrogens (tertiary/aromatic N) is 2. The van der Waals surface area contributed by atoms with E-state index < -0.39 is 52.8 Å². The first-order chi connectivity index (χ1) is 26.2. The quantitative estimate of drug-likeness (QED) is 0.139. The third-order valence-electron chi connectivity index (χ3n) is 9.29.